The van der Waals surface area contributed by atoms with E-state index in [-0.39, 0.29) is 34.3 Å². The summed E-state index contributed by atoms with van der Waals surface area (Å²) in [5.41, 5.74) is 1.36. The monoisotopic (exact) mass is 687 g/mol. The van der Waals surface area contributed by atoms with Gasteiger partial charge in [-0.15, -0.1) is 0 Å². The molecule has 4 aromatic rings. The first-order valence-electron chi connectivity index (χ1n) is 14.0. The molecule has 0 heterocycles. The van der Waals surface area contributed by atoms with Crippen molar-refractivity contribution in [3.63, 3.8) is 0 Å². The third-order valence-electron chi connectivity index (χ3n) is 7.19. The number of likely N-dealkylation sites (N-methyl/N-ethyl adjacent to an activating group) is 1. The van der Waals surface area contributed by atoms with Gasteiger partial charge in [0.1, 0.15) is 18.4 Å². The molecule has 9 nitrogen and oxygen atoms in total. The molecule has 13 heteroatoms. The van der Waals surface area contributed by atoms with E-state index in [2.05, 4.69) is 5.32 Å². The molecule has 1 N–H and O–H groups in total. The number of halogens is 3. The van der Waals surface area contributed by atoms with E-state index < -0.39 is 40.2 Å². The highest BCUT2D eigenvalue weighted by Crippen LogP contribution is 2.33. The zero-order valence-electron chi connectivity index (χ0n) is 25.2. The van der Waals surface area contributed by atoms with Crippen LogP contribution in [0.2, 0.25) is 10.0 Å². The number of benzene rings is 4. The molecule has 0 bridgehead atoms. The number of ether oxygens (including phenoxy) is 2. The molecule has 0 radical (unpaired) electrons. The molecule has 0 spiro atoms. The van der Waals surface area contributed by atoms with Crippen LogP contribution < -0.4 is 19.1 Å². The fourth-order valence-corrected chi connectivity index (χ4v) is 6.55. The summed E-state index contributed by atoms with van der Waals surface area (Å²) in [4.78, 5) is 28.8. The van der Waals surface area contributed by atoms with E-state index in [1.54, 1.807) is 18.2 Å². The minimum absolute atomic E-state index is 0.0265. The van der Waals surface area contributed by atoms with Gasteiger partial charge in [0.05, 0.1) is 34.8 Å². The molecule has 1 atom stereocenters. The average molecular weight is 689 g/mol. The van der Waals surface area contributed by atoms with E-state index in [1.165, 1.54) is 56.5 Å². The first kappa shape index (κ1) is 34.6. The molecule has 0 unspecified atom stereocenters. The fourth-order valence-electron chi connectivity index (χ4n) is 4.80. The number of sulfonamides is 1. The van der Waals surface area contributed by atoms with Gasteiger partial charge >= 0.3 is 0 Å². The van der Waals surface area contributed by atoms with Crippen molar-refractivity contribution >= 4 is 50.7 Å². The number of carbonyl (C=O) groups is 2. The Balaban J connectivity index is 1.82. The standard InChI is InChI=1S/C33H32Cl2FN3O6S/c1-37-33(41)29(18-22-7-5-4-6-8-22)38(20-23-9-15-27(34)28(35)17-23)32(40)21-39(25-12-10-24(36)11-13-25)46(42,43)26-14-16-30(44-2)31(19-26)45-3/h4-17,19,29H,18,20-21H2,1-3H3,(H,37,41)/t29-/m1/s1. The van der Waals surface area contributed by atoms with Crippen LogP contribution in [0.15, 0.2) is 95.9 Å². The second-order valence-electron chi connectivity index (χ2n) is 10.1. The zero-order valence-corrected chi connectivity index (χ0v) is 27.6. The van der Waals surface area contributed by atoms with Crippen LogP contribution in [0.5, 0.6) is 11.5 Å². The van der Waals surface area contributed by atoms with E-state index in [4.69, 9.17) is 32.7 Å². The number of hydrogen-bond donors (Lipinski definition) is 1. The first-order chi connectivity index (χ1) is 22.0. The van der Waals surface area contributed by atoms with Gasteiger partial charge in [0.15, 0.2) is 11.5 Å². The van der Waals surface area contributed by atoms with Crippen LogP contribution in [0.4, 0.5) is 10.1 Å². The van der Waals surface area contributed by atoms with Crippen molar-refractivity contribution < 1.29 is 31.9 Å². The van der Waals surface area contributed by atoms with E-state index in [0.717, 1.165) is 22.0 Å². The quantitative estimate of drug-likeness (QED) is 0.193. The van der Waals surface area contributed by atoms with Crippen molar-refractivity contribution in [2.24, 2.45) is 0 Å². The van der Waals surface area contributed by atoms with Gasteiger partial charge in [0.25, 0.3) is 10.0 Å². The summed E-state index contributed by atoms with van der Waals surface area (Å²) >= 11 is 12.4. The smallest absolute Gasteiger partial charge is 0.264 e. The summed E-state index contributed by atoms with van der Waals surface area (Å²) in [5, 5.41) is 3.17. The third-order valence-corrected chi connectivity index (χ3v) is 9.70. The number of nitrogens with one attached hydrogen (secondary N) is 1. The van der Waals surface area contributed by atoms with Crippen LogP contribution >= 0.6 is 23.2 Å². The second-order valence-corrected chi connectivity index (χ2v) is 12.8. The highest BCUT2D eigenvalue weighted by Gasteiger charge is 2.34. The Morgan fingerprint density at radius 2 is 1.52 bits per heavy atom. The van der Waals surface area contributed by atoms with Crippen LogP contribution in [0, 0.1) is 5.82 Å². The van der Waals surface area contributed by atoms with Crippen LogP contribution in [-0.4, -0.2) is 59.0 Å². The summed E-state index contributed by atoms with van der Waals surface area (Å²) in [5.74, 6) is -1.31. The molecule has 4 rings (SSSR count). The predicted octanol–water partition coefficient (Wildman–Crippen LogP) is 5.73. The van der Waals surface area contributed by atoms with Gasteiger partial charge in [-0.2, -0.15) is 0 Å². The zero-order chi connectivity index (χ0) is 33.4. The molecule has 0 aliphatic carbocycles. The second kappa shape index (κ2) is 15.3. The maximum Gasteiger partial charge on any atom is 0.264 e. The summed E-state index contributed by atoms with van der Waals surface area (Å²) < 4.78 is 53.7. The Hall–Kier alpha value is -4.32. The Morgan fingerprint density at radius 3 is 2.13 bits per heavy atom. The molecule has 4 aromatic carbocycles. The highest BCUT2D eigenvalue weighted by molar-refractivity contribution is 7.92. The SMILES string of the molecule is CNC(=O)[C@@H](Cc1ccccc1)N(Cc1ccc(Cl)c(Cl)c1)C(=O)CN(c1ccc(F)cc1)S(=O)(=O)c1ccc(OC)c(OC)c1. The lowest BCUT2D eigenvalue weighted by molar-refractivity contribution is -0.139. The van der Waals surface area contributed by atoms with Crippen LogP contribution in [0.25, 0.3) is 0 Å². The van der Waals surface area contributed by atoms with Crippen molar-refractivity contribution in [2.45, 2.75) is 23.9 Å². The molecule has 0 saturated heterocycles. The van der Waals surface area contributed by atoms with Crippen LogP contribution in [0.1, 0.15) is 11.1 Å². The molecule has 0 aromatic heterocycles. The third kappa shape index (κ3) is 8.09. The molecule has 0 aliphatic rings. The van der Waals surface area contributed by atoms with Crippen molar-refractivity contribution in [1.29, 1.82) is 0 Å². The lowest BCUT2D eigenvalue weighted by Crippen LogP contribution is -2.53. The Kier molecular flexibility index (Phi) is 11.5. The summed E-state index contributed by atoms with van der Waals surface area (Å²) in [6.45, 7) is -0.833. The van der Waals surface area contributed by atoms with Crippen molar-refractivity contribution in [1.82, 2.24) is 10.2 Å². The molecule has 0 saturated carbocycles. The van der Waals surface area contributed by atoms with Gasteiger partial charge in [-0.3, -0.25) is 13.9 Å². The summed E-state index contributed by atoms with van der Waals surface area (Å²) in [7, 11) is -0.231. The van der Waals surface area contributed by atoms with Gasteiger partial charge in [-0.25, -0.2) is 12.8 Å². The van der Waals surface area contributed by atoms with E-state index in [0.29, 0.717) is 16.3 Å². The Morgan fingerprint density at radius 1 is 0.848 bits per heavy atom. The van der Waals surface area contributed by atoms with Gasteiger partial charge in [-0.05, 0) is 59.7 Å². The number of amides is 2. The first-order valence-corrected chi connectivity index (χ1v) is 16.2. The van der Waals surface area contributed by atoms with Gasteiger partial charge in [0.2, 0.25) is 11.8 Å². The Labute approximate surface area is 277 Å². The topological polar surface area (TPSA) is 105 Å². The van der Waals surface area contributed by atoms with Gasteiger partial charge < -0.3 is 19.7 Å². The number of hydrogen-bond acceptors (Lipinski definition) is 6. The largest absolute Gasteiger partial charge is 0.493 e. The normalized spacial score (nSPS) is 11.8. The molecule has 0 fully saturated rings. The van der Waals surface area contributed by atoms with Crippen LogP contribution in [0.3, 0.4) is 0 Å². The Bertz CT molecular complexity index is 1790. The number of rotatable bonds is 13. The van der Waals surface area contributed by atoms with Gasteiger partial charge in [-0.1, -0.05) is 59.6 Å². The lowest BCUT2D eigenvalue weighted by Gasteiger charge is -2.33. The predicted molar refractivity (Wildman–Crippen MR) is 175 cm³/mol. The van der Waals surface area contributed by atoms with E-state index >= 15 is 0 Å². The summed E-state index contributed by atoms with van der Waals surface area (Å²) in [6, 6.07) is 21.6. The molecule has 242 valence electrons. The maximum absolute atomic E-state index is 14.4. The molecule has 0 aliphatic heterocycles. The van der Waals surface area contributed by atoms with E-state index in [9.17, 15) is 22.4 Å². The maximum atomic E-state index is 14.4. The van der Waals surface area contributed by atoms with Crippen molar-refractivity contribution in [3.05, 3.63) is 118 Å². The van der Waals surface area contributed by atoms with Crippen molar-refractivity contribution in [2.75, 3.05) is 32.1 Å². The summed E-state index contributed by atoms with van der Waals surface area (Å²) in [6.07, 6.45) is 0.132. The number of nitrogens with zero attached hydrogens (tertiary/aromatic N) is 2. The lowest BCUT2D eigenvalue weighted by atomic mass is 10.0. The number of carbonyl (C=O) groups excluding carboxylic acids is 2. The number of methoxy groups -OCH3 is 2. The minimum Gasteiger partial charge on any atom is -0.493 e. The highest BCUT2D eigenvalue weighted by atomic mass is 35.5. The molecular weight excluding hydrogens is 656 g/mol. The van der Waals surface area contributed by atoms with Crippen molar-refractivity contribution in [3.8, 4) is 11.5 Å². The minimum atomic E-state index is -4.46. The molecule has 46 heavy (non-hydrogen) atoms. The van der Waals surface area contributed by atoms with E-state index in [1.807, 2.05) is 30.3 Å². The molecule has 2 amide bonds. The van der Waals surface area contributed by atoms with Crippen LogP contribution in [-0.2, 0) is 32.6 Å². The van der Waals surface area contributed by atoms with Gasteiger partial charge in [0, 0.05) is 26.1 Å². The number of anilines is 1. The average Bonchev–Trinajstić information content (AvgIpc) is 3.06. The fraction of sp³-hybridized carbons (Fsp3) is 0.212. The molecular formula is C33H32Cl2FN3O6S.